The van der Waals surface area contributed by atoms with Crippen molar-refractivity contribution in [1.29, 1.82) is 0 Å². The number of Topliss-reactive ketones (excluding diaryl/α,β-unsaturated/α-hetero) is 1. The van der Waals surface area contributed by atoms with Gasteiger partial charge in [-0.1, -0.05) is 156 Å². The Balaban J connectivity index is 3.93. The Hall–Kier alpha value is -1.39. The molecule has 0 aliphatic carbocycles. The van der Waals surface area contributed by atoms with Crippen LogP contribution in [-0.4, -0.2) is 30.9 Å². The molecular formula is C35H66O5. The van der Waals surface area contributed by atoms with E-state index in [1.807, 2.05) is 13.8 Å². The molecule has 236 valence electrons. The molecule has 40 heavy (non-hydrogen) atoms. The summed E-state index contributed by atoms with van der Waals surface area (Å²) in [6.45, 7) is 8.15. The lowest BCUT2D eigenvalue weighted by Crippen LogP contribution is -2.30. The molecule has 0 aromatic rings. The molecule has 0 radical (unpaired) electrons. The predicted octanol–water partition coefficient (Wildman–Crippen LogP) is 10.3. The maximum atomic E-state index is 12.6. The monoisotopic (exact) mass is 566 g/mol. The third-order valence-electron chi connectivity index (χ3n) is 7.83. The van der Waals surface area contributed by atoms with Gasteiger partial charge in [-0.05, 0) is 12.8 Å². The second-order valence-electron chi connectivity index (χ2n) is 12.2. The van der Waals surface area contributed by atoms with E-state index in [0.717, 1.165) is 38.5 Å². The first-order chi connectivity index (χ1) is 19.4. The van der Waals surface area contributed by atoms with E-state index in [-0.39, 0.29) is 36.9 Å². The van der Waals surface area contributed by atoms with Gasteiger partial charge in [0.25, 0.3) is 0 Å². The number of esters is 2. The zero-order valence-electron chi connectivity index (χ0n) is 27.1. The Morgan fingerprint density at radius 2 is 0.725 bits per heavy atom. The molecule has 0 aromatic carbocycles. The van der Waals surface area contributed by atoms with E-state index in [4.69, 9.17) is 9.47 Å². The van der Waals surface area contributed by atoms with Crippen LogP contribution >= 0.6 is 0 Å². The highest BCUT2D eigenvalue weighted by molar-refractivity contribution is 5.83. The van der Waals surface area contributed by atoms with Crippen molar-refractivity contribution in [2.45, 2.75) is 182 Å². The quantitative estimate of drug-likeness (QED) is 0.0639. The summed E-state index contributed by atoms with van der Waals surface area (Å²) in [6, 6.07) is 0. The first-order valence-electron chi connectivity index (χ1n) is 17.3. The average Bonchev–Trinajstić information content (AvgIpc) is 2.94. The van der Waals surface area contributed by atoms with Gasteiger partial charge in [-0.2, -0.15) is 0 Å². The van der Waals surface area contributed by atoms with Gasteiger partial charge in [-0.3, -0.25) is 14.4 Å². The second-order valence-corrected chi connectivity index (χ2v) is 12.2. The van der Waals surface area contributed by atoms with Crippen LogP contribution in [0.25, 0.3) is 0 Å². The molecule has 0 atom stereocenters. The highest BCUT2D eigenvalue weighted by Crippen LogP contribution is 2.15. The lowest BCUT2D eigenvalue weighted by atomic mass is 9.96. The van der Waals surface area contributed by atoms with Gasteiger partial charge in [0.2, 0.25) is 0 Å². The van der Waals surface area contributed by atoms with E-state index >= 15 is 0 Å². The standard InChI is InChI=1S/C35H66O5/c1-5-7-9-11-13-15-17-19-21-23-25-27-33(36)39-29-32(35(38)31(3)4)30-40-34(37)28-26-24-22-20-18-16-14-12-10-8-6-2/h31-32H,5-30H2,1-4H3. The predicted molar refractivity (Wildman–Crippen MR) is 167 cm³/mol. The maximum absolute atomic E-state index is 12.6. The average molecular weight is 567 g/mol. The van der Waals surface area contributed by atoms with Crippen LogP contribution < -0.4 is 0 Å². The van der Waals surface area contributed by atoms with Crippen LogP contribution in [0, 0.1) is 11.8 Å². The number of ketones is 1. The van der Waals surface area contributed by atoms with Crippen LogP contribution in [-0.2, 0) is 23.9 Å². The number of carbonyl (C=O) groups excluding carboxylic acids is 3. The third kappa shape index (κ3) is 25.6. The van der Waals surface area contributed by atoms with Crippen LogP contribution in [0.15, 0.2) is 0 Å². The molecule has 0 heterocycles. The molecule has 0 aromatic heterocycles. The van der Waals surface area contributed by atoms with Gasteiger partial charge >= 0.3 is 11.9 Å². The van der Waals surface area contributed by atoms with Crippen LogP contribution in [0.2, 0.25) is 0 Å². The highest BCUT2D eigenvalue weighted by Gasteiger charge is 2.24. The maximum Gasteiger partial charge on any atom is 0.305 e. The molecule has 0 bridgehead atoms. The van der Waals surface area contributed by atoms with Crippen LogP contribution in [0.1, 0.15) is 182 Å². The number of hydrogen-bond acceptors (Lipinski definition) is 5. The Morgan fingerprint density at radius 3 is 1.00 bits per heavy atom. The summed E-state index contributed by atoms with van der Waals surface area (Å²) >= 11 is 0. The van der Waals surface area contributed by atoms with Crippen molar-refractivity contribution in [3.05, 3.63) is 0 Å². The minimum atomic E-state index is -0.581. The summed E-state index contributed by atoms with van der Waals surface area (Å²) in [5.74, 6) is -1.32. The van der Waals surface area contributed by atoms with E-state index in [1.54, 1.807) is 0 Å². The first kappa shape index (κ1) is 38.6. The minimum Gasteiger partial charge on any atom is -0.465 e. The van der Waals surface area contributed by atoms with E-state index < -0.39 is 5.92 Å². The molecule has 0 rings (SSSR count). The normalized spacial score (nSPS) is 11.3. The van der Waals surface area contributed by atoms with Gasteiger partial charge in [0, 0.05) is 18.8 Å². The van der Waals surface area contributed by atoms with Crippen molar-refractivity contribution >= 4 is 17.7 Å². The van der Waals surface area contributed by atoms with Crippen LogP contribution in [0.5, 0.6) is 0 Å². The number of unbranched alkanes of at least 4 members (excludes halogenated alkanes) is 20. The fraction of sp³-hybridized carbons (Fsp3) is 0.914. The fourth-order valence-electron chi connectivity index (χ4n) is 5.08. The van der Waals surface area contributed by atoms with Crippen molar-refractivity contribution in [2.24, 2.45) is 11.8 Å². The van der Waals surface area contributed by atoms with Crippen molar-refractivity contribution < 1.29 is 23.9 Å². The summed E-state index contributed by atoms with van der Waals surface area (Å²) in [6.07, 6.45) is 27.9. The first-order valence-corrected chi connectivity index (χ1v) is 17.3. The van der Waals surface area contributed by atoms with Crippen LogP contribution in [0.4, 0.5) is 0 Å². The SMILES string of the molecule is CCCCCCCCCCCCCC(=O)OCC(COC(=O)CCCCCCCCCCCCC)C(=O)C(C)C. The Kier molecular flexibility index (Phi) is 28.1. The zero-order chi connectivity index (χ0) is 29.7. The van der Waals surface area contributed by atoms with Crippen molar-refractivity contribution in [1.82, 2.24) is 0 Å². The minimum absolute atomic E-state index is 0.000394. The van der Waals surface area contributed by atoms with E-state index in [2.05, 4.69) is 13.8 Å². The molecular weight excluding hydrogens is 500 g/mol. The van der Waals surface area contributed by atoms with Gasteiger partial charge in [-0.25, -0.2) is 0 Å². The van der Waals surface area contributed by atoms with E-state index in [0.29, 0.717) is 12.8 Å². The molecule has 0 fully saturated rings. The second kappa shape index (κ2) is 29.1. The summed E-state index contributed by atoms with van der Waals surface area (Å²) in [5, 5.41) is 0. The molecule has 5 heteroatoms. The molecule has 0 amide bonds. The van der Waals surface area contributed by atoms with Gasteiger partial charge in [0.1, 0.15) is 19.0 Å². The number of hydrogen-bond donors (Lipinski definition) is 0. The highest BCUT2D eigenvalue weighted by atomic mass is 16.5. The summed E-state index contributed by atoms with van der Waals surface area (Å²) in [4.78, 5) is 37.1. The number of carbonyl (C=O) groups is 3. The van der Waals surface area contributed by atoms with Gasteiger partial charge in [0.05, 0.1) is 5.92 Å². The molecule has 5 nitrogen and oxygen atoms in total. The van der Waals surface area contributed by atoms with Crippen LogP contribution in [0.3, 0.4) is 0 Å². The smallest absolute Gasteiger partial charge is 0.305 e. The van der Waals surface area contributed by atoms with E-state index in [1.165, 1.54) is 103 Å². The Morgan fingerprint density at radius 1 is 0.450 bits per heavy atom. The molecule has 0 aliphatic heterocycles. The lowest BCUT2D eigenvalue weighted by molar-refractivity contribution is -0.151. The van der Waals surface area contributed by atoms with Crippen molar-refractivity contribution in [3.8, 4) is 0 Å². The topological polar surface area (TPSA) is 69.7 Å². The summed E-state index contributed by atoms with van der Waals surface area (Å²) < 4.78 is 10.8. The largest absolute Gasteiger partial charge is 0.465 e. The van der Waals surface area contributed by atoms with Crippen molar-refractivity contribution in [2.75, 3.05) is 13.2 Å². The zero-order valence-corrected chi connectivity index (χ0v) is 27.1. The lowest BCUT2D eigenvalue weighted by Gasteiger charge is -2.18. The molecule has 0 saturated carbocycles. The van der Waals surface area contributed by atoms with Gasteiger partial charge in [0.15, 0.2) is 0 Å². The molecule has 0 spiro atoms. The Bertz CT molecular complexity index is 559. The number of ether oxygens (including phenoxy) is 2. The molecule has 0 saturated heterocycles. The van der Waals surface area contributed by atoms with E-state index in [9.17, 15) is 14.4 Å². The molecule has 0 unspecified atom stereocenters. The van der Waals surface area contributed by atoms with Crippen molar-refractivity contribution in [3.63, 3.8) is 0 Å². The van der Waals surface area contributed by atoms with Gasteiger partial charge < -0.3 is 9.47 Å². The molecule has 0 N–H and O–H groups in total. The Labute approximate surface area is 248 Å². The summed E-state index contributed by atoms with van der Waals surface area (Å²) in [5.41, 5.74) is 0. The third-order valence-corrected chi connectivity index (χ3v) is 7.83. The number of rotatable bonds is 30. The fourth-order valence-corrected chi connectivity index (χ4v) is 5.08. The summed E-state index contributed by atoms with van der Waals surface area (Å²) in [7, 11) is 0. The molecule has 0 aliphatic rings. The van der Waals surface area contributed by atoms with Gasteiger partial charge in [-0.15, -0.1) is 0 Å².